The number of nitrogens with two attached hydrogens (primary N) is 1. The van der Waals surface area contributed by atoms with Crippen molar-refractivity contribution >= 4 is 0 Å². The number of rotatable bonds is 5. The highest BCUT2D eigenvalue weighted by Gasteiger charge is 2.31. The molecule has 2 atom stereocenters. The van der Waals surface area contributed by atoms with Crippen LogP contribution in [0.25, 0.3) is 0 Å². The Hall–Kier alpha value is -0.860. The minimum absolute atomic E-state index is 0.229. The Morgan fingerprint density at radius 3 is 2.59 bits per heavy atom. The highest BCUT2D eigenvalue weighted by atomic mass is 15.2. The second-order valence-electron chi connectivity index (χ2n) is 4.97. The van der Waals surface area contributed by atoms with Gasteiger partial charge in [-0.2, -0.15) is 0 Å². The van der Waals surface area contributed by atoms with Crippen molar-refractivity contribution in [3.63, 3.8) is 0 Å². The molecule has 0 saturated carbocycles. The van der Waals surface area contributed by atoms with Gasteiger partial charge in [-0.15, -0.1) is 0 Å². The highest BCUT2D eigenvalue weighted by Crippen LogP contribution is 2.40. The van der Waals surface area contributed by atoms with Crippen LogP contribution in [-0.2, 0) is 0 Å². The van der Waals surface area contributed by atoms with Crippen molar-refractivity contribution < 1.29 is 0 Å². The zero-order chi connectivity index (χ0) is 12.3. The first-order valence-corrected chi connectivity index (χ1v) is 6.86. The molecule has 0 bridgehead atoms. The molecule has 0 saturated heterocycles. The molecule has 94 valence electrons. The van der Waals surface area contributed by atoms with Gasteiger partial charge >= 0.3 is 0 Å². The lowest BCUT2D eigenvalue weighted by atomic mass is 10.1. The van der Waals surface area contributed by atoms with Crippen LogP contribution in [-0.4, -0.2) is 18.0 Å². The van der Waals surface area contributed by atoms with E-state index in [2.05, 4.69) is 43.0 Å². The molecule has 1 aliphatic rings. The first-order valence-electron chi connectivity index (χ1n) is 6.86. The molecule has 0 amide bonds. The highest BCUT2D eigenvalue weighted by molar-refractivity contribution is 5.37. The van der Waals surface area contributed by atoms with E-state index in [9.17, 15) is 0 Å². The van der Waals surface area contributed by atoms with Crippen LogP contribution in [0, 0.1) is 0 Å². The van der Waals surface area contributed by atoms with E-state index in [1.54, 1.807) is 0 Å². The Morgan fingerprint density at radius 1 is 1.24 bits per heavy atom. The lowest BCUT2D eigenvalue weighted by Gasteiger charge is -2.28. The third-order valence-electron chi connectivity index (χ3n) is 3.88. The minimum Gasteiger partial charge on any atom is -0.324 e. The molecule has 1 aromatic rings. The van der Waals surface area contributed by atoms with Gasteiger partial charge in [0.15, 0.2) is 0 Å². The second-order valence-corrected chi connectivity index (χ2v) is 4.97. The van der Waals surface area contributed by atoms with E-state index in [4.69, 9.17) is 5.73 Å². The van der Waals surface area contributed by atoms with Crippen molar-refractivity contribution in [1.29, 1.82) is 0 Å². The van der Waals surface area contributed by atoms with Gasteiger partial charge in [-0.05, 0) is 37.1 Å². The average Bonchev–Trinajstić information content (AvgIpc) is 2.69. The fourth-order valence-electron chi connectivity index (χ4n) is 2.89. The minimum atomic E-state index is 0.229. The van der Waals surface area contributed by atoms with E-state index in [0.29, 0.717) is 6.04 Å². The van der Waals surface area contributed by atoms with Gasteiger partial charge < -0.3 is 5.73 Å². The zero-order valence-corrected chi connectivity index (χ0v) is 11.0. The molecule has 2 heteroatoms. The molecule has 2 rings (SSSR count). The maximum absolute atomic E-state index is 6.23. The number of hydrogen-bond acceptors (Lipinski definition) is 2. The molecule has 0 heterocycles. The summed E-state index contributed by atoms with van der Waals surface area (Å²) in [4.78, 5) is 2.58. The number of unbranched alkanes of at least 4 members (excludes halogenated alkanes) is 1. The van der Waals surface area contributed by atoms with Crippen LogP contribution in [0.4, 0.5) is 0 Å². The molecule has 0 fully saturated rings. The van der Waals surface area contributed by atoms with Crippen LogP contribution in [0.15, 0.2) is 24.3 Å². The van der Waals surface area contributed by atoms with E-state index >= 15 is 0 Å². The van der Waals surface area contributed by atoms with Crippen LogP contribution in [0.5, 0.6) is 0 Å². The van der Waals surface area contributed by atoms with Crippen LogP contribution >= 0.6 is 0 Å². The normalized spacial score (nSPS) is 23.1. The summed E-state index contributed by atoms with van der Waals surface area (Å²) < 4.78 is 0. The summed E-state index contributed by atoms with van der Waals surface area (Å²) in [5, 5.41) is 0. The van der Waals surface area contributed by atoms with Crippen molar-refractivity contribution in [3.05, 3.63) is 35.4 Å². The maximum Gasteiger partial charge on any atom is 0.0369 e. The topological polar surface area (TPSA) is 29.3 Å². The number of hydrogen-bond donors (Lipinski definition) is 1. The third kappa shape index (κ3) is 2.53. The average molecular weight is 232 g/mol. The lowest BCUT2D eigenvalue weighted by molar-refractivity contribution is 0.199. The fourth-order valence-corrected chi connectivity index (χ4v) is 2.89. The zero-order valence-electron chi connectivity index (χ0n) is 11.0. The summed E-state index contributed by atoms with van der Waals surface area (Å²) in [6.07, 6.45) is 3.62. The van der Waals surface area contributed by atoms with Gasteiger partial charge in [-0.1, -0.05) is 44.5 Å². The molecule has 17 heavy (non-hydrogen) atoms. The van der Waals surface area contributed by atoms with Crippen molar-refractivity contribution in [1.82, 2.24) is 4.90 Å². The van der Waals surface area contributed by atoms with Crippen molar-refractivity contribution in [2.75, 3.05) is 13.1 Å². The van der Waals surface area contributed by atoms with E-state index in [-0.39, 0.29) is 6.04 Å². The summed E-state index contributed by atoms with van der Waals surface area (Å²) in [6.45, 7) is 6.81. The fraction of sp³-hybridized carbons (Fsp3) is 0.600. The van der Waals surface area contributed by atoms with Crippen molar-refractivity contribution in [2.45, 2.75) is 45.2 Å². The molecule has 2 nitrogen and oxygen atoms in total. The van der Waals surface area contributed by atoms with Crippen LogP contribution in [0.2, 0.25) is 0 Å². The second kappa shape index (κ2) is 5.65. The molecule has 0 aliphatic heterocycles. The van der Waals surface area contributed by atoms with E-state index in [1.165, 1.54) is 30.5 Å². The number of fused-ring (bicyclic) bond motifs is 1. The third-order valence-corrected chi connectivity index (χ3v) is 3.88. The predicted octanol–water partition coefficient (Wildman–Crippen LogP) is 3.25. The molecule has 0 spiro atoms. The standard InChI is InChI=1S/C15H24N2/c1-3-5-10-17(4-2)15-11-14(16)12-8-6-7-9-13(12)15/h6-9,14-15H,3-5,10-11,16H2,1-2H3. The van der Waals surface area contributed by atoms with Crippen molar-refractivity contribution in [3.8, 4) is 0 Å². The Morgan fingerprint density at radius 2 is 1.94 bits per heavy atom. The van der Waals surface area contributed by atoms with Gasteiger partial charge in [0.2, 0.25) is 0 Å². The molecule has 1 aromatic carbocycles. The number of nitrogens with zero attached hydrogens (tertiary/aromatic N) is 1. The summed E-state index contributed by atoms with van der Waals surface area (Å²) in [6, 6.07) is 9.44. The first-order chi connectivity index (χ1) is 8.27. The largest absolute Gasteiger partial charge is 0.324 e. The summed E-state index contributed by atoms with van der Waals surface area (Å²) in [7, 11) is 0. The van der Waals surface area contributed by atoms with Gasteiger partial charge in [0.1, 0.15) is 0 Å². The molecule has 2 N–H and O–H groups in total. The Labute approximate surface area is 105 Å². The monoisotopic (exact) mass is 232 g/mol. The summed E-state index contributed by atoms with van der Waals surface area (Å²) in [5.74, 6) is 0. The summed E-state index contributed by atoms with van der Waals surface area (Å²) >= 11 is 0. The SMILES string of the molecule is CCCCN(CC)C1CC(N)c2ccccc21. The van der Waals surface area contributed by atoms with Crippen molar-refractivity contribution in [2.24, 2.45) is 5.73 Å². The van der Waals surface area contributed by atoms with Crippen LogP contribution < -0.4 is 5.73 Å². The Bertz CT molecular complexity index is 362. The van der Waals surface area contributed by atoms with Crippen LogP contribution in [0.1, 0.15) is 56.3 Å². The van der Waals surface area contributed by atoms with E-state index in [1.807, 2.05) is 0 Å². The van der Waals surface area contributed by atoms with Gasteiger partial charge in [0.05, 0.1) is 0 Å². The van der Waals surface area contributed by atoms with E-state index in [0.717, 1.165) is 13.0 Å². The quantitative estimate of drug-likeness (QED) is 0.844. The van der Waals surface area contributed by atoms with Gasteiger partial charge in [-0.3, -0.25) is 4.90 Å². The Kier molecular flexibility index (Phi) is 4.19. The maximum atomic E-state index is 6.23. The van der Waals surface area contributed by atoms with Crippen LogP contribution in [0.3, 0.4) is 0 Å². The lowest BCUT2D eigenvalue weighted by Crippen LogP contribution is -2.28. The first kappa shape index (κ1) is 12.6. The molecule has 0 aromatic heterocycles. The van der Waals surface area contributed by atoms with E-state index < -0.39 is 0 Å². The molecular weight excluding hydrogens is 208 g/mol. The van der Waals surface area contributed by atoms with Gasteiger partial charge in [0.25, 0.3) is 0 Å². The molecule has 2 unspecified atom stereocenters. The molecule has 1 aliphatic carbocycles. The number of benzene rings is 1. The van der Waals surface area contributed by atoms with Gasteiger partial charge in [0, 0.05) is 12.1 Å². The predicted molar refractivity (Wildman–Crippen MR) is 72.9 cm³/mol. The molecular formula is C15H24N2. The smallest absolute Gasteiger partial charge is 0.0369 e. The molecule has 0 radical (unpaired) electrons. The Balaban J connectivity index is 2.17. The van der Waals surface area contributed by atoms with Gasteiger partial charge in [-0.25, -0.2) is 0 Å². The summed E-state index contributed by atoms with van der Waals surface area (Å²) in [5.41, 5.74) is 9.04.